The maximum Gasteiger partial charge on any atom is 0.247 e. The summed E-state index contributed by atoms with van der Waals surface area (Å²) in [5.41, 5.74) is 1.84. The molecule has 0 radical (unpaired) electrons. The molecule has 1 fully saturated rings. The second-order valence-corrected chi connectivity index (χ2v) is 9.06. The molecule has 1 heterocycles. The van der Waals surface area contributed by atoms with Crippen molar-refractivity contribution in [3.05, 3.63) is 76.8 Å². The van der Waals surface area contributed by atoms with Gasteiger partial charge in [-0.25, -0.2) is 8.42 Å². The Bertz CT molecular complexity index is 892. The third-order valence-corrected chi connectivity index (χ3v) is 6.42. The van der Waals surface area contributed by atoms with Crippen LogP contribution in [0.2, 0.25) is 5.02 Å². The van der Waals surface area contributed by atoms with E-state index in [-0.39, 0.29) is 23.5 Å². The average molecular weight is 390 g/mol. The highest BCUT2D eigenvalue weighted by Gasteiger charge is 2.34. The lowest BCUT2D eigenvalue weighted by Crippen LogP contribution is -2.39. The summed E-state index contributed by atoms with van der Waals surface area (Å²) < 4.78 is 23.7. The highest BCUT2D eigenvalue weighted by atomic mass is 35.5. The highest BCUT2D eigenvalue weighted by Crippen LogP contribution is 2.21. The quantitative estimate of drug-likeness (QED) is 0.734. The molecule has 0 bridgehead atoms. The van der Waals surface area contributed by atoms with Gasteiger partial charge in [-0.15, -0.1) is 0 Å². The van der Waals surface area contributed by atoms with Gasteiger partial charge in [0.15, 0.2) is 9.84 Å². The van der Waals surface area contributed by atoms with Gasteiger partial charge in [0.05, 0.1) is 11.5 Å². The molecule has 2 aromatic carbocycles. The largest absolute Gasteiger partial charge is 0.331 e. The first kappa shape index (κ1) is 18.7. The number of hydrogen-bond donors (Lipinski definition) is 0. The maximum atomic E-state index is 12.8. The number of benzene rings is 2. The number of carbonyl (C=O) groups excluding carboxylic acids is 1. The van der Waals surface area contributed by atoms with Crippen molar-refractivity contribution in [2.24, 2.45) is 0 Å². The Morgan fingerprint density at radius 2 is 1.81 bits per heavy atom. The van der Waals surface area contributed by atoms with E-state index >= 15 is 0 Å². The zero-order valence-electron chi connectivity index (χ0n) is 14.2. The summed E-state index contributed by atoms with van der Waals surface area (Å²) in [7, 11) is -3.07. The number of sulfone groups is 1. The molecule has 4 nitrogen and oxygen atoms in total. The molecule has 3 rings (SSSR count). The fourth-order valence-corrected chi connectivity index (χ4v) is 4.88. The molecule has 0 N–H and O–H groups in total. The zero-order valence-corrected chi connectivity index (χ0v) is 15.8. The van der Waals surface area contributed by atoms with Crippen molar-refractivity contribution < 1.29 is 13.2 Å². The fraction of sp³-hybridized carbons (Fsp3) is 0.250. The predicted octanol–water partition coefficient (Wildman–Crippen LogP) is 3.57. The van der Waals surface area contributed by atoms with Crippen molar-refractivity contribution in [3.63, 3.8) is 0 Å². The van der Waals surface area contributed by atoms with E-state index in [0.29, 0.717) is 18.0 Å². The monoisotopic (exact) mass is 389 g/mol. The second kappa shape index (κ2) is 8.06. The molecule has 1 aliphatic rings. The van der Waals surface area contributed by atoms with Crippen LogP contribution in [0.1, 0.15) is 17.5 Å². The van der Waals surface area contributed by atoms with Gasteiger partial charge in [0.1, 0.15) is 0 Å². The molecule has 0 unspecified atom stereocenters. The molecule has 0 saturated carbocycles. The normalized spacial score (nSPS) is 18.9. The van der Waals surface area contributed by atoms with Crippen molar-refractivity contribution in [2.45, 2.75) is 19.0 Å². The number of amides is 1. The molecule has 0 aliphatic carbocycles. The number of nitrogens with zero attached hydrogens (tertiary/aromatic N) is 1. The Labute approximate surface area is 159 Å². The fourth-order valence-electron chi connectivity index (χ4n) is 3.03. The summed E-state index contributed by atoms with van der Waals surface area (Å²) in [4.78, 5) is 14.5. The Morgan fingerprint density at radius 3 is 2.42 bits per heavy atom. The first-order chi connectivity index (χ1) is 12.4. The molecule has 6 heteroatoms. The van der Waals surface area contributed by atoms with Crippen LogP contribution in [0, 0.1) is 0 Å². The van der Waals surface area contributed by atoms with Crippen LogP contribution >= 0.6 is 11.6 Å². The van der Waals surface area contributed by atoms with Crippen molar-refractivity contribution in [2.75, 3.05) is 11.5 Å². The molecule has 0 spiro atoms. The minimum absolute atomic E-state index is 0.0281. The van der Waals surface area contributed by atoms with E-state index in [1.807, 2.05) is 42.5 Å². The van der Waals surface area contributed by atoms with E-state index in [0.717, 1.165) is 11.1 Å². The molecule has 0 aromatic heterocycles. The maximum absolute atomic E-state index is 12.8. The molecule has 1 aliphatic heterocycles. The summed E-state index contributed by atoms with van der Waals surface area (Å²) in [5.74, 6) is -0.0248. The second-order valence-electron chi connectivity index (χ2n) is 6.39. The van der Waals surface area contributed by atoms with Gasteiger partial charge in [0, 0.05) is 23.7 Å². The minimum atomic E-state index is -3.07. The van der Waals surface area contributed by atoms with Gasteiger partial charge in [0.2, 0.25) is 5.91 Å². The molecule has 136 valence electrons. The van der Waals surface area contributed by atoms with E-state index in [1.54, 1.807) is 23.1 Å². The van der Waals surface area contributed by atoms with Gasteiger partial charge in [-0.05, 0) is 35.8 Å². The Hall–Kier alpha value is -2.11. The first-order valence-corrected chi connectivity index (χ1v) is 10.6. The molecule has 1 amide bonds. The smallest absolute Gasteiger partial charge is 0.247 e. The van der Waals surface area contributed by atoms with Gasteiger partial charge in [-0.3, -0.25) is 4.79 Å². The number of halogens is 1. The first-order valence-electron chi connectivity index (χ1n) is 8.41. The lowest BCUT2D eigenvalue weighted by atomic mass is 10.1. The lowest BCUT2D eigenvalue weighted by Gasteiger charge is -2.27. The third kappa shape index (κ3) is 4.96. The van der Waals surface area contributed by atoms with Crippen LogP contribution in [-0.4, -0.2) is 36.8 Å². The average Bonchev–Trinajstić information content (AvgIpc) is 2.99. The molecule has 2 aromatic rings. The van der Waals surface area contributed by atoms with E-state index in [4.69, 9.17) is 11.6 Å². The van der Waals surface area contributed by atoms with Crippen LogP contribution in [-0.2, 0) is 21.2 Å². The highest BCUT2D eigenvalue weighted by molar-refractivity contribution is 7.91. The molecular formula is C20H20ClNO3S. The summed E-state index contributed by atoms with van der Waals surface area (Å²) >= 11 is 5.87. The van der Waals surface area contributed by atoms with Gasteiger partial charge >= 0.3 is 0 Å². The number of hydrogen-bond acceptors (Lipinski definition) is 3. The van der Waals surface area contributed by atoms with Gasteiger partial charge in [-0.1, -0.05) is 54.1 Å². The Balaban J connectivity index is 1.79. The van der Waals surface area contributed by atoms with E-state index < -0.39 is 9.84 Å². The van der Waals surface area contributed by atoms with E-state index in [1.165, 1.54) is 6.08 Å². The summed E-state index contributed by atoms with van der Waals surface area (Å²) in [6, 6.07) is 16.5. The van der Waals surface area contributed by atoms with Crippen LogP contribution < -0.4 is 0 Å². The van der Waals surface area contributed by atoms with Gasteiger partial charge < -0.3 is 4.90 Å². The van der Waals surface area contributed by atoms with E-state index in [2.05, 4.69) is 0 Å². The standard InChI is InChI=1S/C20H20ClNO3S/c21-18-9-6-16(7-10-18)8-11-20(23)22(14-17-4-2-1-3-5-17)19-12-13-26(24,25)15-19/h1-11,19H,12-15H2/b11-8+/t19-/m1/s1. The van der Waals surface area contributed by atoms with Crippen molar-refractivity contribution in [1.82, 2.24) is 4.90 Å². The summed E-state index contributed by atoms with van der Waals surface area (Å²) in [6.07, 6.45) is 3.70. The summed E-state index contributed by atoms with van der Waals surface area (Å²) in [6.45, 7) is 0.394. The lowest BCUT2D eigenvalue weighted by molar-refractivity contribution is -0.128. The van der Waals surface area contributed by atoms with Crippen molar-refractivity contribution in [3.8, 4) is 0 Å². The third-order valence-electron chi connectivity index (χ3n) is 4.42. The molecule has 26 heavy (non-hydrogen) atoms. The summed E-state index contributed by atoms with van der Waals surface area (Å²) in [5, 5.41) is 0.635. The number of carbonyl (C=O) groups is 1. The Morgan fingerprint density at radius 1 is 1.12 bits per heavy atom. The topological polar surface area (TPSA) is 54.5 Å². The minimum Gasteiger partial charge on any atom is -0.331 e. The molecule has 1 saturated heterocycles. The van der Waals surface area contributed by atoms with Crippen LogP contribution in [0.15, 0.2) is 60.7 Å². The SMILES string of the molecule is O=C(/C=C/c1ccc(Cl)cc1)N(Cc1ccccc1)[C@@H]1CCS(=O)(=O)C1. The van der Waals surface area contributed by atoms with Gasteiger partial charge in [0.25, 0.3) is 0 Å². The Kier molecular flexibility index (Phi) is 5.79. The van der Waals surface area contributed by atoms with Crippen LogP contribution in [0.5, 0.6) is 0 Å². The van der Waals surface area contributed by atoms with E-state index in [9.17, 15) is 13.2 Å². The predicted molar refractivity (Wildman–Crippen MR) is 105 cm³/mol. The van der Waals surface area contributed by atoms with Crippen LogP contribution in [0.25, 0.3) is 6.08 Å². The van der Waals surface area contributed by atoms with Crippen LogP contribution in [0.3, 0.4) is 0 Å². The molecule has 1 atom stereocenters. The number of rotatable bonds is 5. The van der Waals surface area contributed by atoms with Crippen molar-refractivity contribution in [1.29, 1.82) is 0 Å². The zero-order chi connectivity index (χ0) is 18.6. The van der Waals surface area contributed by atoms with Crippen molar-refractivity contribution >= 4 is 33.4 Å². The van der Waals surface area contributed by atoms with Gasteiger partial charge in [-0.2, -0.15) is 0 Å². The molecular weight excluding hydrogens is 370 g/mol. The van der Waals surface area contributed by atoms with Crippen LogP contribution in [0.4, 0.5) is 0 Å².